The second kappa shape index (κ2) is 4.23. The molecule has 0 saturated carbocycles. The molecule has 0 aliphatic rings. The van der Waals surface area contributed by atoms with Crippen molar-refractivity contribution < 1.29 is 0 Å². The number of aromatic nitrogens is 4. The van der Waals surface area contributed by atoms with Gasteiger partial charge in [0.05, 0.1) is 5.52 Å². The lowest BCUT2D eigenvalue weighted by atomic mass is 10.0. The van der Waals surface area contributed by atoms with Gasteiger partial charge in [-0.15, -0.1) is 0 Å². The van der Waals surface area contributed by atoms with E-state index in [0.717, 1.165) is 11.4 Å². The molecule has 19 heavy (non-hydrogen) atoms. The Morgan fingerprint density at radius 2 is 1.95 bits per heavy atom. The van der Waals surface area contributed by atoms with Gasteiger partial charge >= 0.3 is 0 Å². The van der Waals surface area contributed by atoms with Crippen LogP contribution in [0.3, 0.4) is 0 Å². The van der Waals surface area contributed by atoms with Crippen LogP contribution in [0.1, 0.15) is 25.3 Å². The predicted octanol–water partition coefficient (Wildman–Crippen LogP) is 3.10. The van der Waals surface area contributed by atoms with Gasteiger partial charge in [-0.05, 0) is 17.5 Å². The van der Waals surface area contributed by atoms with E-state index >= 15 is 0 Å². The van der Waals surface area contributed by atoms with E-state index in [1.165, 1.54) is 16.5 Å². The van der Waals surface area contributed by atoms with Crippen molar-refractivity contribution in [3.63, 3.8) is 0 Å². The van der Waals surface area contributed by atoms with Crippen molar-refractivity contribution in [3.8, 4) is 11.4 Å². The minimum absolute atomic E-state index is 0.512. The van der Waals surface area contributed by atoms with E-state index in [9.17, 15) is 0 Å². The highest BCUT2D eigenvalue weighted by molar-refractivity contribution is 5.95. The molecular weight excluding hydrogens is 236 g/mol. The van der Waals surface area contributed by atoms with Gasteiger partial charge in [-0.1, -0.05) is 26.0 Å². The van der Waals surface area contributed by atoms with Crippen molar-refractivity contribution in [1.29, 1.82) is 0 Å². The van der Waals surface area contributed by atoms with Crippen molar-refractivity contribution in [2.45, 2.75) is 19.8 Å². The van der Waals surface area contributed by atoms with Gasteiger partial charge in [-0.2, -0.15) is 5.10 Å². The fraction of sp³-hybridized carbons (Fsp3) is 0.333. The zero-order chi connectivity index (χ0) is 13.6. The summed E-state index contributed by atoms with van der Waals surface area (Å²) in [6.07, 6.45) is 3.82. The molecule has 98 valence electrons. The third-order valence-corrected chi connectivity index (χ3v) is 3.61. The molecule has 4 heteroatoms. The number of rotatable bonds is 2. The van der Waals surface area contributed by atoms with E-state index in [1.807, 2.05) is 11.7 Å². The van der Waals surface area contributed by atoms with Crippen LogP contribution in [0, 0.1) is 0 Å². The SMILES string of the molecule is CC(C)c1cn(C)c2c(-c3ncnn3C)cccc12. The highest BCUT2D eigenvalue weighted by Crippen LogP contribution is 2.33. The van der Waals surface area contributed by atoms with E-state index < -0.39 is 0 Å². The first kappa shape index (κ1) is 12.0. The molecule has 0 atom stereocenters. The minimum Gasteiger partial charge on any atom is -0.350 e. The Morgan fingerprint density at radius 3 is 2.58 bits per heavy atom. The molecule has 4 nitrogen and oxygen atoms in total. The molecule has 0 spiro atoms. The molecular formula is C15H18N4. The molecule has 2 heterocycles. The number of benzene rings is 1. The summed E-state index contributed by atoms with van der Waals surface area (Å²) in [7, 11) is 4.02. The number of aryl methyl sites for hydroxylation is 2. The third kappa shape index (κ3) is 1.75. The minimum atomic E-state index is 0.512. The first-order chi connectivity index (χ1) is 9.09. The molecule has 3 rings (SSSR count). The maximum absolute atomic E-state index is 4.37. The number of fused-ring (bicyclic) bond motifs is 1. The van der Waals surface area contributed by atoms with Crippen LogP contribution < -0.4 is 0 Å². The van der Waals surface area contributed by atoms with E-state index in [0.29, 0.717) is 5.92 Å². The maximum Gasteiger partial charge on any atom is 0.159 e. The molecule has 0 fully saturated rings. The molecule has 0 bridgehead atoms. The van der Waals surface area contributed by atoms with Crippen molar-refractivity contribution in [2.75, 3.05) is 0 Å². The summed E-state index contributed by atoms with van der Waals surface area (Å²) < 4.78 is 4.01. The Bertz CT molecular complexity index is 734. The van der Waals surface area contributed by atoms with Crippen LogP contribution in [-0.4, -0.2) is 19.3 Å². The van der Waals surface area contributed by atoms with Crippen LogP contribution in [0.4, 0.5) is 0 Å². The molecule has 0 saturated heterocycles. The smallest absolute Gasteiger partial charge is 0.159 e. The Kier molecular flexibility index (Phi) is 2.66. The monoisotopic (exact) mass is 254 g/mol. The number of nitrogens with zero attached hydrogens (tertiary/aromatic N) is 4. The summed E-state index contributed by atoms with van der Waals surface area (Å²) in [5.74, 6) is 1.42. The Balaban J connectivity index is 2.36. The molecule has 3 aromatic rings. The molecule has 1 aromatic carbocycles. The van der Waals surface area contributed by atoms with Gasteiger partial charge in [0.25, 0.3) is 0 Å². The summed E-state index contributed by atoms with van der Waals surface area (Å²) in [6, 6.07) is 6.39. The zero-order valence-corrected chi connectivity index (χ0v) is 11.8. The number of para-hydroxylation sites is 1. The van der Waals surface area contributed by atoms with Gasteiger partial charge in [0.2, 0.25) is 0 Å². The molecule has 0 amide bonds. The van der Waals surface area contributed by atoms with Crippen LogP contribution in [0.5, 0.6) is 0 Å². The largest absolute Gasteiger partial charge is 0.350 e. The average molecular weight is 254 g/mol. The molecule has 0 radical (unpaired) electrons. The summed E-state index contributed by atoms with van der Waals surface area (Å²) in [5.41, 5.74) is 3.73. The maximum atomic E-state index is 4.37. The lowest BCUT2D eigenvalue weighted by Gasteiger charge is -2.06. The average Bonchev–Trinajstić information content (AvgIpc) is 2.94. The van der Waals surface area contributed by atoms with Crippen molar-refractivity contribution in [1.82, 2.24) is 19.3 Å². The Morgan fingerprint density at radius 1 is 1.16 bits per heavy atom. The fourth-order valence-electron chi connectivity index (χ4n) is 2.68. The normalized spacial score (nSPS) is 11.6. The summed E-state index contributed by atoms with van der Waals surface area (Å²) in [5, 5.41) is 5.47. The summed E-state index contributed by atoms with van der Waals surface area (Å²) >= 11 is 0. The van der Waals surface area contributed by atoms with E-state index in [1.54, 1.807) is 6.33 Å². The lowest BCUT2D eigenvalue weighted by Crippen LogP contribution is -1.96. The predicted molar refractivity (Wildman–Crippen MR) is 77.0 cm³/mol. The van der Waals surface area contributed by atoms with E-state index in [-0.39, 0.29) is 0 Å². The van der Waals surface area contributed by atoms with Gasteiger partial charge in [-0.3, -0.25) is 0 Å². The molecule has 0 unspecified atom stereocenters. The van der Waals surface area contributed by atoms with Gasteiger partial charge in [-0.25, -0.2) is 9.67 Å². The van der Waals surface area contributed by atoms with Gasteiger partial charge in [0.15, 0.2) is 5.82 Å². The van der Waals surface area contributed by atoms with Gasteiger partial charge in [0, 0.05) is 31.2 Å². The van der Waals surface area contributed by atoms with Crippen LogP contribution in [0.25, 0.3) is 22.3 Å². The molecule has 0 N–H and O–H groups in total. The third-order valence-electron chi connectivity index (χ3n) is 3.61. The van der Waals surface area contributed by atoms with Crippen molar-refractivity contribution >= 4 is 10.9 Å². The summed E-state index contributed by atoms with van der Waals surface area (Å²) in [6.45, 7) is 4.45. The highest BCUT2D eigenvalue weighted by Gasteiger charge is 2.15. The van der Waals surface area contributed by atoms with Crippen LogP contribution in [0.15, 0.2) is 30.7 Å². The number of hydrogen-bond acceptors (Lipinski definition) is 2. The van der Waals surface area contributed by atoms with Crippen molar-refractivity contribution in [2.24, 2.45) is 14.1 Å². The second-order valence-electron chi connectivity index (χ2n) is 5.26. The van der Waals surface area contributed by atoms with Gasteiger partial charge in [0.1, 0.15) is 6.33 Å². The molecule has 0 aliphatic heterocycles. The highest BCUT2D eigenvalue weighted by atomic mass is 15.3. The quantitative estimate of drug-likeness (QED) is 0.704. The van der Waals surface area contributed by atoms with E-state index in [2.05, 4.69) is 59.9 Å². The summed E-state index contributed by atoms with van der Waals surface area (Å²) in [4.78, 5) is 4.37. The first-order valence-electron chi connectivity index (χ1n) is 6.52. The van der Waals surface area contributed by atoms with Crippen LogP contribution in [0.2, 0.25) is 0 Å². The second-order valence-corrected chi connectivity index (χ2v) is 5.26. The molecule has 2 aromatic heterocycles. The van der Waals surface area contributed by atoms with Crippen LogP contribution in [-0.2, 0) is 14.1 Å². The standard InChI is InChI=1S/C15H18N4/c1-10(2)13-8-18(3)14-11(13)6-5-7-12(14)15-16-9-17-19(15)4/h5-10H,1-4H3. The van der Waals surface area contributed by atoms with Gasteiger partial charge < -0.3 is 4.57 Å². The zero-order valence-electron chi connectivity index (χ0n) is 11.8. The Labute approximate surface area is 112 Å². The van der Waals surface area contributed by atoms with Crippen LogP contribution >= 0.6 is 0 Å². The Hall–Kier alpha value is -2.10. The fourth-order valence-corrected chi connectivity index (χ4v) is 2.68. The van der Waals surface area contributed by atoms with Crippen molar-refractivity contribution in [3.05, 3.63) is 36.3 Å². The van der Waals surface area contributed by atoms with E-state index in [4.69, 9.17) is 0 Å². The lowest BCUT2D eigenvalue weighted by molar-refractivity contribution is 0.774. The first-order valence-corrected chi connectivity index (χ1v) is 6.52. The molecule has 0 aliphatic carbocycles. The number of hydrogen-bond donors (Lipinski definition) is 0. The topological polar surface area (TPSA) is 35.6 Å².